The van der Waals surface area contributed by atoms with E-state index < -0.39 is 0 Å². The van der Waals surface area contributed by atoms with Gasteiger partial charge >= 0.3 is 0 Å². The third-order valence-electron chi connectivity index (χ3n) is 2.16. The van der Waals surface area contributed by atoms with Crippen LogP contribution in [0.25, 0.3) is 0 Å². The minimum atomic E-state index is -0.390. The van der Waals surface area contributed by atoms with Crippen LogP contribution < -0.4 is 16.2 Å². The lowest BCUT2D eigenvalue weighted by molar-refractivity contribution is -0.126. The fraction of sp³-hybridized carbons (Fsp3) is 0.417. The van der Waals surface area contributed by atoms with E-state index in [0.29, 0.717) is 4.47 Å². The number of hydrogen-bond donors (Lipinski definition) is 2. The Labute approximate surface area is 119 Å². The second-order valence-electron chi connectivity index (χ2n) is 4.31. The molecule has 0 aromatic carbocycles. The largest absolute Gasteiger partial charge is 0.352 e. The molecule has 104 valence electrons. The number of pyridine rings is 1. The number of nitrogens with zero attached hydrogens (tertiary/aromatic N) is 1. The fourth-order valence-corrected chi connectivity index (χ4v) is 1.77. The molecule has 1 heterocycles. The summed E-state index contributed by atoms with van der Waals surface area (Å²) in [4.78, 5) is 34.4. The Kier molecular flexibility index (Phi) is 5.75. The van der Waals surface area contributed by atoms with Crippen molar-refractivity contribution in [2.24, 2.45) is 0 Å². The Bertz CT molecular complexity index is 525. The van der Waals surface area contributed by atoms with E-state index in [4.69, 9.17) is 0 Å². The minimum Gasteiger partial charge on any atom is -0.352 e. The van der Waals surface area contributed by atoms with Crippen LogP contribution in [-0.2, 0) is 16.1 Å². The highest BCUT2D eigenvalue weighted by atomic mass is 79.9. The van der Waals surface area contributed by atoms with Gasteiger partial charge in [0.25, 0.3) is 5.56 Å². The summed E-state index contributed by atoms with van der Waals surface area (Å²) >= 11 is 3.22. The molecule has 0 unspecified atom stereocenters. The Morgan fingerprint density at radius 1 is 1.32 bits per heavy atom. The van der Waals surface area contributed by atoms with E-state index in [1.807, 2.05) is 13.8 Å². The molecule has 0 saturated carbocycles. The standard InChI is InChI=1S/C12H16BrN3O3/c1-8(2)15-10(17)5-14-11(18)7-16-6-9(13)3-4-12(16)19/h3-4,6,8H,5,7H2,1-2H3,(H,14,18)(H,15,17). The van der Waals surface area contributed by atoms with Crippen LogP contribution in [0.15, 0.2) is 27.6 Å². The number of hydrogen-bond acceptors (Lipinski definition) is 3. The molecule has 19 heavy (non-hydrogen) atoms. The molecule has 0 aliphatic rings. The second kappa shape index (κ2) is 7.08. The predicted octanol–water partition coefficient (Wildman–Crippen LogP) is 0.252. The van der Waals surface area contributed by atoms with Crippen molar-refractivity contribution < 1.29 is 9.59 Å². The molecule has 0 radical (unpaired) electrons. The van der Waals surface area contributed by atoms with Crippen molar-refractivity contribution in [3.8, 4) is 0 Å². The Hall–Kier alpha value is -1.63. The van der Waals surface area contributed by atoms with E-state index in [9.17, 15) is 14.4 Å². The topological polar surface area (TPSA) is 80.2 Å². The van der Waals surface area contributed by atoms with E-state index >= 15 is 0 Å². The summed E-state index contributed by atoms with van der Waals surface area (Å²) in [6.45, 7) is 3.45. The molecule has 0 aliphatic heterocycles. The number of carbonyl (C=O) groups is 2. The molecule has 1 aromatic rings. The van der Waals surface area contributed by atoms with Gasteiger partial charge in [-0.2, -0.15) is 0 Å². The van der Waals surface area contributed by atoms with E-state index in [2.05, 4.69) is 26.6 Å². The first-order valence-electron chi connectivity index (χ1n) is 5.80. The third-order valence-corrected chi connectivity index (χ3v) is 2.63. The van der Waals surface area contributed by atoms with E-state index in [1.165, 1.54) is 16.8 Å². The quantitative estimate of drug-likeness (QED) is 0.812. The third kappa shape index (κ3) is 5.69. The summed E-state index contributed by atoms with van der Waals surface area (Å²) < 4.78 is 1.97. The zero-order chi connectivity index (χ0) is 14.4. The van der Waals surface area contributed by atoms with Gasteiger partial charge in [-0.05, 0) is 35.8 Å². The fourth-order valence-electron chi connectivity index (χ4n) is 1.39. The lowest BCUT2D eigenvalue weighted by Gasteiger charge is -2.10. The van der Waals surface area contributed by atoms with Crippen molar-refractivity contribution in [1.29, 1.82) is 0 Å². The summed E-state index contributed by atoms with van der Waals surface area (Å²) in [6.07, 6.45) is 1.52. The SMILES string of the molecule is CC(C)NC(=O)CNC(=O)Cn1cc(Br)ccc1=O. The Morgan fingerprint density at radius 2 is 2.00 bits per heavy atom. The van der Waals surface area contributed by atoms with Gasteiger partial charge in [0.05, 0.1) is 6.54 Å². The van der Waals surface area contributed by atoms with Crippen LogP contribution in [0.4, 0.5) is 0 Å². The van der Waals surface area contributed by atoms with Crippen molar-refractivity contribution in [3.63, 3.8) is 0 Å². The van der Waals surface area contributed by atoms with Crippen molar-refractivity contribution in [2.45, 2.75) is 26.4 Å². The van der Waals surface area contributed by atoms with E-state index in [-0.39, 0.29) is 36.5 Å². The predicted molar refractivity (Wildman–Crippen MR) is 74.7 cm³/mol. The van der Waals surface area contributed by atoms with Crippen LogP contribution in [-0.4, -0.2) is 29.0 Å². The molecule has 0 bridgehead atoms. The first-order chi connectivity index (χ1) is 8.88. The molecular formula is C12H16BrN3O3. The van der Waals surface area contributed by atoms with Gasteiger partial charge in [0.1, 0.15) is 6.54 Å². The molecule has 0 aliphatic carbocycles. The molecule has 1 aromatic heterocycles. The average Bonchev–Trinajstić information content (AvgIpc) is 2.30. The maximum atomic E-state index is 11.6. The van der Waals surface area contributed by atoms with Gasteiger partial charge in [0.2, 0.25) is 11.8 Å². The number of rotatable bonds is 5. The molecule has 0 spiro atoms. The number of carbonyl (C=O) groups excluding carboxylic acids is 2. The van der Waals surface area contributed by atoms with Crippen LogP contribution in [0.1, 0.15) is 13.8 Å². The van der Waals surface area contributed by atoms with Gasteiger partial charge in [-0.15, -0.1) is 0 Å². The van der Waals surface area contributed by atoms with Crippen LogP contribution in [0, 0.1) is 0 Å². The summed E-state index contributed by atoms with van der Waals surface area (Å²) in [5.41, 5.74) is -0.273. The van der Waals surface area contributed by atoms with E-state index in [1.54, 1.807) is 6.07 Å². The molecule has 0 fully saturated rings. The molecule has 0 atom stereocenters. The summed E-state index contributed by atoms with van der Waals surface area (Å²) in [5.74, 6) is -0.649. The number of aromatic nitrogens is 1. The zero-order valence-corrected chi connectivity index (χ0v) is 12.4. The summed E-state index contributed by atoms with van der Waals surface area (Å²) in [5, 5.41) is 5.11. The summed E-state index contributed by atoms with van der Waals surface area (Å²) in [6, 6.07) is 2.99. The molecule has 2 N–H and O–H groups in total. The Balaban J connectivity index is 2.50. The van der Waals surface area contributed by atoms with Crippen molar-refractivity contribution in [1.82, 2.24) is 15.2 Å². The maximum Gasteiger partial charge on any atom is 0.251 e. The number of nitrogens with one attached hydrogen (secondary N) is 2. The van der Waals surface area contributed by atoms with Gasteiger partial charge in [0, 0.05) is 22.8 Å². The first-order valence-corrected chi connectivity index (χ1v) is 6.60. The van der Waals surface area contributed by atoms with Crippen LogP contribution in [0.2, 0.25) is 0 Å². The molecule has 1 rings (SSSR count). The van der Waals surface area contributed by atoms with Crippen LogP contribution in [0.5, 0.6) is 0 Å². The zero-order valence-electron chi connectivity index (χ0n) is 10.8. The van der Waals surface area contributed by atoms with Crippen molar-refractivity contribution in [3.05, 3.63) is 33.2 Å². The number of halogens is 1. The second-order valence-corrected chi connectivity index (χ2v) is 5.23. The highest BCUT2D eigenvalue weighted by Crippen LogP contribution is 2.04. The molecule has 0 saturated heterocycles. The van der Waals surface area contributed by atoms with Crippen LogP contribution >= 0.6 is 15.9 Å². The normalized spacial score (nSPS) is 10.3. The smallest absolute Gasteiger partial charge is 0.251 e. The molecular weight excluding hydrogens is 314 g/mol. The van der Waals surface area contributed by atoms with Gasteiger partial charge in [-0.25, -0.2) is 0 Å². The summed E-state index contributed by atoms with van der Waals surface area (Å²) in [7, 11) is 0. The molecule has 2 amide bonds. The van der Waals surface area contributed by atoms with Gasteiger partial charge in [0.15, 0.2) is 0 Å². The Morgan fingerprint density at radius 3 is 2.63 bits per heavy atom. The monoisotopic (exact) mass is 329 g/mol. The average molecular weight is 330 g/mol. The minimum absolute atomic E-state index is 0.0251. The van der Waals surface area contributed by atoms with Gasteiger partial charge in [-0.1, -0.05) is 0 Å². The van der Waals surface area contributed by atoms with Crippen LogP contribution in [0.3, 0.4) is 0 Å². The lowest BCUT2D eigenvalue weighted by atomic mass is 10.4. The highest BCUT2D eigenvalue weighted by Gasteiger charge is 2.08. The molecule has 6 nitrogen and oxygen atoms in total. The number of amides is 2. The molecule has 7 heteroatoms. The van der Waals surface area contributed by atoms with Gasteiger partial charge in [-0.3, -0.25) is 14.4 Å². The lowest BCUT2D eigenvalue weighted by Crippen LogP contribution is -2.41. The van der Waals surface area contributed by atoms with E-state index in [0.717, 1.165) is 0 Å². The van der Waals surface area contributed by atoms with Crippen molar-refractivity contribution in [2.75, 3.05) is 6.54 Å². The first kappa shape index (κ1) is 15.4. The van der Waals surface area contributed by atoms with Crippen molar-refractivity contribution >= 4 is 27.7 Å². The van der Waals surface area contributed by atoms with Gasteiger partial charge < -0.3 is 15.2 Å². The highest BCUT2D eigenvalue weighted by molar-refractivity contribution is 9.10. The maximum absolute atomic E-state index is 11.6.